The number of ether oxygens (including phenoxy) is 1. The molecule has 0 aliphatic carbocycles. The number of carbonyl (C=O) groups is 1. The quantitative estimate of drug-likeness (QED) is 0.616. The Morgan fingerprint density at radius 3 is 2.61 bits per heavy atom. The Labute approximate surface area is 132 Å². The molecule has 5 nitrogen and oxygen atoms in total. The van der Waals surface area contributed by atoms with Gasteiger partial charge in [-0.1, -0.05) is 0 Å². The van der Waals surface area contributed by atoms with Crippen LogP contribution in [0.1, 0.15) is 26.2 Å². The van der Waals surface area contributed by atoms with Crippen molar-refractivity contribution >= 4 is 16.0 Å². The van der Waals surface area contributed by atoms with Gasteiger partial charge in [0, 0.05) is 6.54 Å². The first-order valence-corrected chi connectivity index (χ1v) is 8.56. The third-order valence-corrected chi connectivity index (χ3v) is 5.52. The molecule has 1 aliphatic rings. The minimum atomic E-state index is -4.49. The maximum absolute atomic E-state index is 13.9. The first kappa shape index (κ1) is 17.7. The number of sulfonamides is 1. The predicted octanol–water partition coefficient (Wildman–Crippen LogP) is 2.21. The highest BCUT2D eigenvalue weighted by Gasteiger charge is 2.40. The van der Waals surface area contributed by atoms with Gasteiger partial charge in [-0.25, -0.2) is 21.6 Å². The molecule has 0 spiro atoms. The van der Waals surface area contributed by atoms with Gasteiger partial charge in [-0.05, 0) is 38.3 Å². The molecule has 2 rings (SSSR count). The molecule has 1 aromatic carbocycles. The summed E-state index contributed by atoms with van der Waals surface area (Å²) in [6.45, 7) is 1.63. The summed E-state index contributed by atoms with van der Waals surface area (Å²) in [5, 5.41) is 0. The highest BCUT2D eigenvalue weighted by atomic mass is 32.2. The van der Waals surface area contributed by atoms with Gasteiger partial charge in [0.25, 0.3) is 0 Å². The topological polar surface area (TPSA) is 63.7 Å². The molecule has 0 saturated carbocycles. The van der Waals surface area contributed by atoms with E-state index in [0.717, 1.165) is 4.31 Å². The number of benzene rings is 1. The molecular formula is C14H16F3NO4S. The van der Waals surface area contributed by atoms with Crippen molar-refractivity contribution in [2.24, 2.45) is 0 Å². The van der Waals surface area contributed by atoms with E-state index in [0.29, 0.717) is 25.0 Å². The van der Waals surface area contributed by atoms with E-state index in [4.69, 9.17) is 4.74 Å². The van der Waals surface area contributed by atoms with Crippen LogP contribution in [-0.2, 0) is 19.6 Å². The maximum atomic E-state index is 13.9. The number of hydrogen-bond donors (Lipinski definition) is 0. The Morgan fingerprint density at radius 2 is 1.96 bits per heavy atom. The molecule has 1 aliphatic heterocycles. The number of esters is 1. The molecule has 9 heteroatoms. The van der Waals surface area contributed by atoms with Gasteiger partial charge in [-0.15, -0.1) is 0 Å². The fourth-order valence-electron chi connectivity index (χ4n) is 2.50. The number of piperidine rings is 1. The second-order valence-corrected chi connectivity index (χ2v) is 6.91. The van der Waals surface area contributed by atoms with Crippen LogP contribution in [0, 0.1) is 17.5 Å². The van der Waals surface area contributed by atoms with Crippen LogP contribution in [0.4, 0.5) is 13.2 Å². The fourth-order valence-corrected chi connectivity index (χ4v) is 4.21. The molecule has 128 valence electrons. The van der Waals surface area contributed by atoms with Gasteiger partial charge in [0.15, 0.2) is 17.5 Å². The van der Waals surface area contributed by atoms with Crippen molar-refractivity contribution in [2.45, 2.75) is 37.1 Å². The summed E-state index contributed by atoms with van der Waals surface area (Å²) in [6, 6.07) is 0.0929. The van der Waals surface area contributed by atoms with Gasteiger partial charge in [0.05, 0.1) is 6.61 Å². The molecule has 0 bridgehead atoms. The predicted molar refractivity (Wildman–Crippen MR) is 74.5 cm³/mol. The van der Waals surface area contributed by atoms with Gasteiger partial charge in [0.1, 0.15) is 10.9 Å². The van der Waals surface area contributed by atoms with Crippen molar-refractivity contribution in [2.75, 3.05) is 13.2 Å². The Balaban J connectivity index is 2.44. The summed E-state index contributed by atoms with van der Waals surface area (Å²) in [7, 11) is -4.49. The second-order valence-electron chi connectivity index (χ2n) is 5.05. The lowest BCUT2D eigenvalue weighted by molar-refractivity contribution is -0.148. The summed E-state index contributed by atoms with van der Waals surface area (Å²) < 4.78 is 71.0. The first-order valence-electron chi connectivity index (χ1n) is 7.12. The average molecular weight is 351 g/mol. The minimum Gasteiger partial charge on any atom is -0.465 e. The number of carbonyl (C=O) groups excluding carboxylic acids is 1. The lowest BCUT2D eigenvalue weighted by Crippen LogP contribution is -2.48. The lowest BCUT2D eigenvalue weighted by Gasteiger charge is -2.33. The second kappa shape index (κ2) is 6.88. The molecule has 0 radical (unpaired) electrons. The fraction of sp³-hybridized carbons (Fsp3) is 0.500. The Hall–Kier alpha value is -1.61. The van der Waals surface area contributed by atoms with E-state index in [1.165, 1.54) is 0 Å². The smallest absolute Gasteiger partial charge is 0.324 e. The summed E-state index contributed by atoms with van der Waals surface area (Å²) in [6.07, 6.45) is 1.31. The molecule has 0 amide bonds. The van der Waals surface area contributed by atoms with Crippen molar-refractivity contribution < 1.29 is 31.1 Å². The number of nitrogens with zero attached hydrogens (tertiary/aromatic N) is 1. The molecule has 0 N–H and O–H groups in total. The largest absolute Gasteiger partial charge is 0.465 e. The standard InChI is InChI=1S/C14H16F3NO4S/c1-2-22-14(19)10-5-3-4-8-18(10)23(20,21)11-7-6-9(15)12(16)13(11)17/h6-7,10H,2-5,8H2,1H3. The summed E-state index contributed by atoms with van der Waals surface area (Å²) >= 11 is 0. The molecular weight excluding hydrogens is 335 g/mol. The van der Waals surface area contributed by atoms with Crippen LogP contribution in [0.3, 0.4) is 0 Å². The van der Waals surface area contributed by atoms with Crippen LogP contribution in [0.15, 0.2) is 17.0 Å². The Morgan fingerprint density at radius 1 is 1.26 bits per heavy atom. The number of hydrogen-bond acceptors (Lipinski definition) is 4. The maximum Gasteiger partial charge on any atom is 0.324 e. The van der Waals surface area contributed by atoms with Crippen LogP contribution in [0.5, 0.6) is 0 Å². The molecule has 1 saturated heterocycles. The van der Waals surface area contributed by atoms with Crippen LogP contribution in [0.2, 0.25) is 0 Å². The van der Waals surface area contributed by atoms with Gasteiger partial charge in [-0.2, -0.15) is 4.31 Å². The normalized spacial score (nSPS) is 19.6. The van der Waals surface area contributed by atoms with Crippen LogP contribution < -0.4 is 0 Å². The van der Waals surface area contributed by atoms with Gasteiger partial charge >= 0.3 is 5.97 Å². The molecule has 23 heavy (non-hydrogen) atoms. The van der Waals surface area contributed by atoms with Gasteiger partial charge < -0.3 is 4.74 Å². The summed E-state index contributed by atoms with van der Waals surface area (Å²) in [5.41, 5.74) is 0. The molecule has 1 heterocycles. The highest BCUT2D eigenvalue weighted by Crippen LogP contribution is 2.29. The van der Waals surface area contributed by atoms with E-state index < -0.39 is 44.4 Å². The first-order chi connectivity index (χ1) is 10.8. The number of rotatable bonds is 4. The van der Waals surface area contributed by atoms with Crippen LogP contribution in [-0.4, -0.2) is 37.9 Å². The monoisotopic (exact) mass is 351 g/mol. The molecule has 0 aromatic heterocycles. The van der Waals surface area contributed by atoms with Crippen molar-refractivity contribution in [3.63, 3.8) is 0 Å². The van der Waals surface area contributed by atoms with E-state index in [-0.39, 0.29) is 19.6 Å². The third kappa shape index (κ3) is 3.35. The Bertz CT molecular complexity index is 708. The van der Waals surface area contributed by atoms with E-state index in [1.54, 1.807) is 6.92 Å². The molecule has 1 aromatic rings. The Kier molecular flexibility index (Phi) is 5.30. The molecule has 1 atom stereocenters. The molecule has 1 unspecified atom stereocenters. The zero-order valence-corrected chi connectivity index (χ0v) is 13.2. The average Bonchev–Trinajstić information content (AvgIpc) is 2.52. The third-order valence-electron chi connectivity index (χ3n) is 3.60. The van der Waals surface area contributed by atoms with Crippen LogP contribution in [0.25, 0.3) is 0 Å². The zero-order valence-electron chi connectivity index (χ0n) is 12.4. The molecule has 1 fully saturated rings. The van der Waals surface area contributed by atoms with Crippen molar-refractivity contribution in [1.29, 1.82) is 0 Å². The van der Waals surface area contributed by atoms with Crippen LogP contribution >= 0.6 is 0 Å². The summed E-state index contributed by atoms with van der Waals surface area (Å²) in [5.74, 6) is -5.88. The van der Waals surface area contributed by atoms with Crippen molar-refractivity contribution in [1.82, 2.24) is 4.31 Å². The minimum absolute atomic E-state index is 0.0236. The van der Waals surface area contributed by atoms with Crippen molar-refractivity contribution in [3.8, 4) is 0 Å². The van der Waals surface area contributed by atoms with E-state index in [1.807, 2.05) is 0 Å². The zero-order chi connectivity index (χ0) is 17.2. The summed E-state index contributed by atoms with van der Waals surface area (Å²) in [4.78, 5) is 10.9. The van der Waals surface area contributed by atoms with Crippen molar-refractivity contribution in [3.05, 3.63) is 29.6 Å². The number of halogens is 3. The van der Waals surface area contributed by atoms with E-state index >= 15 is 0 Å². The SMILES string of the molecule is CCOC(=O)C1CCCCN1S(=O)(=O)c1ccc(F)c(F)c1F. The van der Waals surface area contributed by atoms with Gasteiger partial charge in [-0.3, -0.25) is 4.79 Å². The van der Waals surface area contributed by atoms with Gasteiger partial charge in [0.2, 0.25) is 10.0 Å². The van der Waals surface area contributed by atoms with E-state index in [2.05, 4.69) is 0 Å². The van der Waals surface area contributed by atoms with E-state index in [9.17, 15) is 26.4 Å². The lowest BCUT2D eigenvalue weighted by atomic mass is 10.1. The highest BCUT2D eigenvalue weighted by molar-refractivity contribution is 7.89.